The maximum Gasteiger partial charge on any atom is 0.308 e. The Bertz CT molecular complexity index is 977. The maximum atomic E-state index is 12.2. The van der Waals surface area contributed by atoms with Gasteiger partial charge in [-0.15, -0.1) is 0 Å². The average Bonchev–Trinajstić information content (AvgIpc) is 3.41. The third-order valence-electron chi connectivity index (χ3n) is 4.02. The van der Waals surface area contributed by atoms with Crippen LogP contribution >= 0.6 is 11.3 Å². The highest BCUT2D eigenvalue weighted by molar-refractivity contribution is 7.08. The third-order valence-corrected chi connectivity index (χ3v) is 4.71. The summed E-state index contributed by atoms with van der Waals surface area (Å²) in [5, 5.41) is 7.59. The summed E-state index contributed by atoms with van der Waals surface area (Å²) in [4.78, 5) is 41.6. The van der Waals surface area contributed by atoms with E-state index in [-0.39, 0.29) is 25.5 Å². The number of carbonyl (C=O) groups is 3. The first-order valence-corrected chi connectivity index (χ1v) is 9.04. The van der Waals surface area contributed by atoms with Crippen molar-refractivity contribution in [3.8, 4) is 11.4 Å². The van der Waals surface area contributed by atoms with Crippen molar-refractivity contribution < 1.29 is 23.6 Å². The minimum atomic E-state index is -0.568. The Morgan fingerprint density at radius 3 is 2.56 bits per heavy atom. The van der Waals surface area contributed by atoms with Gasteiger partial charge in [-0.05, 0) is 23.6 Å². The van der Waals surface area contributed by atoms with E-state index >= 15 is 0 Å². The van der Waals surface area contributed by atoms with E-state index < -0.39 is 17.8 Å². The second-order valence-corrected chi connectivity index (χ2v) is 6.52. The largest absolute Gasteiger partial charge is 0.456 e. The summed E-state index contributed by atoms with van der Waals surface area (Å²) >= 11 is 1.51. The van der Waals surface area contributed by atoms with Gasteiger partial charge in [-0.2, -0.15) is 16.3 Å². The maximum absolute atomic E-state index is 12.2. The number of aromatic nitrogens is 2. The zero-order valence-electron chi connectivity index (χ0n) is 14.0. The Morgan fingerprint density at radius 2 is 1.89 bits per heavy atom. The van der Waals surface area contributed by atoms with Crippen molar-refractivity contribution in [1.29, 1.82) is 0 Å². The minimum Gasteiger partial charge on any atom is -0.456 e. The van der Waals surface area contributed by atoms with Crippen LogP contribution in [0.3, 0.4) is 0 Å². The van der Waals surface area contributed by atoms with Crippen LogP contribution in [0.4, 0.5) is 0 Å². The van der Waals surface area contributed by atoms with Gasteiger partial charge in [0.2, 0.25) is 5.82 Å². The molecule has 4 rings (SSSR count). The Morgan fingerprint density at radius 1 is 1.15 bits per heavy atom. The molecule has 27 heavy (non-hydrogen) atoms. The predicted octanol–water partition coefficient (Wildman–Crippen LogP) is 2.53. The molecule has 3 aromatic rings. The number of hydrogen-bond donors (Lipinski definition) is 0. The van der Waals surface area contributed by atoms with Gasteiger partial charge in [-0.25, -0.2) is 0 Å². The van der Waals surface area contributed by atoms with Gasteiger partial charge in [0.05, 0.1) is 17.5 Å². The number of amides is 2. The average molecular weight is 383 g/mol. The lowest BCUT2D eigenvalue weighted by molar-refractivity contribution is -0.145. The second kappa shape index (κ2) is 7.12. The first-order chi connectivity index (χ1) is 13.1. The molecule has 1 aliphatic heterocycles. The number of ether oxygens (including phenoxy) is 1. The quantitative estimate of drug-likeness (QED) is 0.476. The highest BCUT2D eigenvalue weighted by atomic mass is 32.1. The lowest BCUT2D eigenvalue weighted by Gasteiger charge is -2.12. The van der Waals surface area contributed by atoms with Gasteiger partial charge in [0.1, 0.15) is 0 Å². The van der Waals surface area contributed by atoms with E-state index in [1.54, 1.807) is 24.3 Å². The molecule has 0 aliphatic carbocycles. The summed E-state index contributed by atoms with van der Waals surface area (Å²) < 4.78 is 10.1. The van der Waals surface area contributed by atoms with E-state index in [4.69, 9.17) is 9.26 Å². The molecule has 136 valence electrons. The van der Waals surface area contributed by atoms with Crippen molar-refractivity contribution in [2.24, 2.45) is 0 Å². The summed E-state index contributed by atoms with van der Waals surface area (Å²) in [5.41, 5.74) is 1.53. The minimum absolute atomic E-state index is 0.0465. The number of benzene rings is 1. The highest BCUT2D eigenvalue weighted by Crippen LogP contribution is 2.22. The van der Waals surface area contributed by atoms with E-state index in [1.165, 1.54) is 11.3 Å². The SMILES string of the molecule is O=C(CCN1C(=O)c2ccccc2C1=O)OCc1nc(-c2ccsc2)no1. The predicted molar refractivity (Wildman–Crippen MR) is 93.8 cm³/mol. The molecule has 0 radical (unpaired) electrons. The summed E-state index contributed by atoms with van der Waals surface area (Å²) in [6, 6.07) is 8.42. The molecule has 3 heterocycles. The van der Waals surface area contributed by atoms with Crippen molar-refractivity contribution in [2.75, 3.05) is 6.54 Å². The summed E-state index contributed by atoms with van der Waals surface area (Å²) in [6.45, 7) is -0.215. The number of carbonyl (C=O) groups excluding carboxylic acids is 3. The smallest absolute Gasteiger partial charge is 0.308 e. The number of esters is 1. The molecule has 0 fully saturated rings. The van der Waals surface area contributed by atoms with Crippen LogP contribution in [-0.2, 0) is 16.1 Å². The zero-order valence-corrected chi connectivity index (χ0v) is 14.8. The number of nitrogens with zero attached hydrogens (tertiary/aromatic N) is 3. The molecule has 0 atom stereocenters. The fourth-order valence-electron chi connectivity index (χ4n) is 2.68. The van der Waals surface area contributed by atoms with Gasteiger partial charge in [-0.3, -0.25) is 19.3 Å². The van der Waals surface area contributed by atoms with Crippen LogP contribution in [0.5, 0.6) is 0 Å². The van der Waals surface area contributed by atoms with Crippen LogP contribution < -0.4 is 0 Å². The van der Waals surface area contributed by atoms with Gasteiger partial charge in [0.25, 0.3) is 17.7 Å². The molecule has 2 aromatic heterocycles. The molecule has 8 nitrogen and oxygen atoms in total. The molecule has 0 spiro atoms. The Kier molecular flexibility index (Phi) is 4.51. The fraction of sp³-hybridized carbons (Fsp3) is 0.167. The van der Waals surface area contributed by atoms with E-state index in [2.05, 4.69) is 10.1 Å². The van der Waals surface area contributed by atoms with E-state index in [0.29, 0.717) is 17.0 Å². The second-order valence-electron chi connectivity index (χ2n) is 5.74. The molecule has 0 bridgehead atoms. The molecule has 0 unspecified atom stereocenters. The lowest BCUT2D eigenvalue weighted by Crippen LogP contribution is -2.32. The summed E-state index contributed by atoms with van der Waals surface area (Å²) in [7, 11) is 0. The molecule has 2 amide bonds. The van der Waals surface area contributed by atoms with Gasteiger partial charge in [0.15, 0.2) is 6.61 Å². The normalized spacial score (nSPS) is 13.1. The fourth-order valence-corrected chi connectivity index (χ4v) is 3.32. The van der Waals surface area contributed by atoms with Crippen LogP contribution in [0.2, 0.25) is 0 Å². The molecule has 0 saturated heterocycles. The Labute approximate surface area is 157 Å². The monoisotopic (exact) mass is 383 g/mol. The Balaban J connectivity index is 1.30. The lowest BCUT2D eigenvalue weighted by atomic mass is 10.1. The molecule has 0 saturated carbocycles. The van der Waals surface area contributed by atoms with Crippen molar-refractivity contribution >= 4 is 29.1 Å². The molecule has 0 N–H and O–H groups in total. The third kappa shape index (κ3) is 3.36. The first-order valence-electron chi connectivity index (χ1n) is 8.09. The highest BCUT2D eigenvalue weighted by Gasteiger charge is 2.35. The number of hydrogen-bond acceptors (Lipinski definition) is 8. The van der Waals surface area contributed by atoms with E-state index in [9.17, 15) is 14.4 Å². The van der Waals surface area contributed by atoms with Crippen molar-refractivity contribution in [3.05, 3.63) is 58.1 Å². The first kappa shape index (κ1) is 17.1. The number of imide groups is 1. The van der Waals surface area contributed by atoms with Crippen LogP contribution in [-0.4, -0.2) is 39.4 Å². The molecule has 1 aliphatic rings. The van der Waals surface area contributed by atoms with Crippen LogP contribution in [0.15, 0.2) is 45.6 Å². The number of rotatable bonds is 6. The zero-order chi connectivity index (χ0) is 18.8. The van der Waals surface area contributed by atoms with Crippen molar-refractivity contribution in [2.45, 2.75) is 13.0 Å². The Hall–Kier alpha value is -3.33. The number of thiophene rings is 1. The van der Waals surface area contributed by atoms with Crippen LogP contribution in [0.1, 0.15) is 33.0 Å². The standard InChI is InChI=1S/C18H13N3O5S/c22-15(25-9-14-19-16(20-26-14)11-6-8-27-10-11)5-7-21-17(23)12-3-1-2-4-13(12)18(21)24/h1-4,6,8,10H,5,7,9H2. The van der Waals surface area contributed by atoms with Gasteiger partial charge >= 0.3 is 5.97 Å². The van der Waals surface area contributed by atoms with E-state index in [1.807, 2.05) is 16.8 Å². The van der Waals surface area contributed by atoms with Gasteiger partial charge < -0.3 is 9.26 Å². The van der Waals surface area contributed by atoms with Crippen molar-refractivity contribution in [3.63, 3.8) is 0 Å². The number of fused-ring (bicyclic) bond motifs is 1. The van der Waals surface area contributed by atoms with E-state index in [0.717, 1.165) is 10.5 Å². The van der Waals surface area contributed by atoms with Crippen molar-refractivity contribution in [1.82, 2.24) is 15.0 Å². The summed E-state index contributed by atoms with van der Waals surface area (Å²) in [6.07, 6.45) is -0.114. The van der Waals surface area contributed by atoms with Crippen LogP contribution in [0, 0.1) is 0 Å². The molecular weight excluding hydrogens is 370 g/mol. The van der Waals surface area contributed by atoms with Gasteiger partial charge in [-0.1, -0.05) is 17.3 Å². The molecule has 1 aromatic carbocycles. The molecule has 9 heteroatoms. The van der Waals surface area contributed by atoms with Crippen LogP contribution in [0.25, 0.3) is 11.4 Å². The topological polar surface area (TPSA) is 103 Å². The molecular formula is C18H13N3O5S. The van der Waals surface area contributed by atoms with Gasteiger partial charge in [0, 0.05) is 17.5 Å². The summed E-state index contributed by atoms with van der Waals surface area (Å²) in [5.74, 6) is -0.776.